The van der Waals surface area contributed by atoms with Crippen LogP contribution in [0.1, 0.15) is 20.7 Å². The molecule has 0 saturated carbocycles. The summed E-state index contributed by atoms with van der Waals surface area (Å²) >= 11 is 0. The quantitative estimate of drug-likeness (QED) is 0.266. The van der Waals surface area contributed by atoms with E-state index in [9.17, 15) is 40.1 Å². The van der Waals surface area contributed by atoms with E-state index >= 15 is 0 Å². The number of nitro groups is 1. The summed E-state index contributed by atoms with van der Waals surface area (Å²) in [4.78, 5) is 35.3. The fraction of sp³-hybridized carbons (Fsp3) is 0. The Kier molecular flexibility index (Phi) is 5.59. The lowest BCUT2D eigenvalue weighted by atomic mass is 10.1. The lowest BCUT2D eigenvalue weighted by Crippen LogP contribution is -2.14. The molecule has 11 heteroatoms. The van der Waals surface area contributed by atoms with Gasteiger partial charge in [0.1, 0.15) is 23.0 Å². The Bertz CT molecular complexity index is 1080. The Balaban J connectivity index is 1.89. The molecule has 6 N–H and O–H groups in total. The Hall–Kier alpha value is -4.80. The molecule has 11 nitrogen and oxygen atoms in total. The summed E-state index contributed by atoms with van der Waals surface area (Å²) in [7, 11) is 0. The minimum absolute atomic E-state index is 0.0453. The molecule has 0 unspecified atom stereocenters. The van der Waals surface area contributed by atoms with E-state index < -0.39 is 22.4 Å². The number of carbonyl (C=O) groups is 2. The number of hydrogen-bond donors (Lipinski definition) is 6. The summed E-state index contributed by atoms with van der Waals surface area (Å²) in [6.07, 6.45) is 0. The molecule has 2 amide bonds. The second kappa shape index (κ2) is 8.29. The molecule has 3 aromatic carbocycles. The molecule has 158 valence electrons. The normalized spacial score (nSPS) is 10.3. The van der Waals surface area contributed by atoms with Gasteiger partial charge in [-0.15, -0.1) is 0 Å². The number of phenolic OH excluding ortho intramolecular Hbond substituents is 4. The molecular formula is C20H15N3O8. The average molecular weight is 425 g/mol. The van der Waals surface area contributed by atoms with Gasteiger partial charge in [-0.05, 0) is 30.3 Å². The molecular weight excluding hydrogens is 410 g/mol. The third kappa shape index (κ3) is 5.17. The van der Waals surface area contributed by atoms with Crippen LogP contribution >= 0.6 is 0 Å². The number of non-ortho nitro benzene ring substituents is 1. The number of nitro benzene ring substituents is 1. The maximum absolute atomic E-state index is 12.4. The van der Waals surface area contributed by atoms with Crippen LogP contribution in [-0.2, 0) is 0 Å². The van der Waals surface area contributed by atoms with E-state index in [-0.39, 0.29) is 45.5 Å². The first-order valence-electron chi connectivity index (χ1n) is 8.59. The molecule has 0 atom stereocenters. The maximum Gasteiger partial charge on any atom is 0.273 e. The minimum atomic E-state index is -0.776. The molecule has 3 rings (SSSR count). The zero-order valence-electron chi connectivity index (χ0n) is 15.6. The van der Waals surface area contributed by atoms with Crippen LogP contribution in [0.5, 0.6) is 23.0 Å². The minimum Gasteiger partial charge on any atom is -0.508 e. The number of anilines is 2. The van der Waals surface area contributed by atoms with Crippen molar-refractivity contribution in [3.05, 3.63) is 75.8 Å². The summed E-state index contributed by atoms with van der Waals surface area (Å²) in [5, 5.41) is 54.0. The van der Waals surface area contributed by atoms with E-state index in [0.29, 0.717) is 0 Å². The summed E-state index contributed by atoms with van der Waals surface area (Å²) in [5.74, 6) is -2.97. The first-order chi connectivity index (χ1) is 14.6. The van der Waals surface area contributed by atoms with Crippen molar-refractivity contribution in [1.29, 1.82) is 0 Å². The molecule has 0 aliphatic carbocycles. The highest BCUT2D eigenvalue weighted by Gasteiger charge is 2.16. The highest BCUT2D eigenvalue weighted by Crippen LogP contribution is 2.27. The number of benzene rings is 3. The third-order valence-electron chi connectivity index (χ3n) is 3.97. The van der Waals surface area contributed by atoms with Crippen LogP contribution in [0.4, 0.5) is 17.1 Å². The SMILES string of the molecule is O=C(Nc1cc(NC(=O)c2cc(O)cc(O)c2)cc([N+](=O)[O-])c1)c1cc(O)cc(O)c1. The molecule has 31 heavy (non-hydrogen) atoms. The van der Waals surface area contributed by atoms with Crippen molar-refractivity contribution in [3.8, 4) is 23.0 Å². The van der Waals surface area contributed by atoms with Gasteiger partial charge in [0.05, 0.1) is 4.92 Å². The number of nitrogens with zero attached hydrogens (tertiary/aromatic N) is 1. The number of rotatable bonds is 5. The molecule has 0 radical (unpaired) electrons. The molecule has 0 aromatic heterocycles. The average Bonchev–Trinajstić information content (AvgIpc) is 2.66. The zero-order chi connectivity index (χ0) is 22.7. The molecule has 0 bridgehead atoms. The molecule has 0 spiro atoms. The Morgan fingerprint density at radius 2 is 1.00 bits per heavy atom. The van der Waals surface area contributed by atoms with Gasteiger partial charge < -0.3 is 31.1 Å². The van der Waals surface area contributed by atoms with Gasteiger partial charge in [-0.25, -0.2) is 0 Å². The molecule has 0 fully saturated rings. The maximum atomic E-state index is 12.4. The number of phenols is 4. The van der Waals surface area contributed by atoms with Crippen molar-refractivity contribution < 1.29 is 34.9 Å². The van der Waals surface area contributed by atoms with Gasteiger partial charge in [0, 0.05) is 46.8 Å². The van der Waals surface area contributed by atoms with Crippen LogP contribution in [0.2, 0.25) is 0 Å². The first kappa shape index (κ1) is 20.9. The standard InChI is InChI=1S/C20H15N3O8/c24-15-1-10(2-16(25)8-15)19(28)21-12-5-13(7-14(6-12)23(30)31)22-20(29)11-3-17(26)9-18(27)4-11/h1-9,24-27H,(H,21,28)(H,22,29). The van der Waals surface area contributed by atoms with Gasteiger partial charge in [-0.1, -0.05) is 0 Å². The Morgan fingerprint density at radius 1 is 0.645 bits per heavy atom. The first-order valence-corrected chi connectivity index (χ1v) is 8.59. The van der Waals surface area contributed by atoms with E-state index in [2.05, 4.69) is 10.6 Å². The lowest BCUT2D eigenvalue weighted by Gasteiger charge is -2.10. The zero-order valence-corrected chi connectivity index (χ0v) is 15.6. The topological polar surface area (TPSA) is 182 Å². The predicted octanol–water partition coefficient (Wildman–Crippen LogP) is 2.92. The van der Waals surface area contributed by atoms with E-state index in [4.69, 9.17) is 0 Å². The van der Waals surface area contributed by atoms with Crippen molar-refractivity contribution in [3.63, 3.8) is 0 Å². The molecule has 0 saturated heterocycles. The molecule has 0 aliphatic heterocycles. The van der Waals surface area contributed by atoms with Crippen LogP contribution < -0.4 is 10.6 Å². The van der Waals surface area contributed by atoms with Gasteiger partial charge in [-0.3, -0.25) is 19.7 Å². The number of aromatic hydroxyl groups is 4. The van der Waals surface area contributed by atoms with E-state index in [1.54, 1.807) is 0 Å². The number of hydrogen-bond acceptors (Lipinski definition) is 8. The third-order valence-corrected chi connectivity index (χ3v) is 3.97. The van der Waals surface area contributed by atoms with Gasteiger partial charge in [0.2, 0.25) is 0 Å². The lowest BCUT2D eigenvalue weighted by molar-refractivity contribution is -0.384. The summed E-state index contributed by atoms with van der Waals surface area (Å²) in [6, 6.07) is 9.74. The van der Waals surface area contributed by atoms with Crippen molar-refractivity contribution >= 4 is 28.9 Å². The largest absolute Gasteiger partial charge is 0.508 e. The van der Waals surface area contributed by atoms with Gasteiger partial charge in [0.15, 0.2) is 0 Å². The van der Waals surface area contributed by atoms with Crippen LogP contribution in [0.25, 0.3) is 0 Å². The van der Waals surface area contributed by atoms with Gasteiger partial charge >= 0.3 is 0 Å². The Morgan fingerprint density at radius 3 is 1.32 bits per heavy atom. The second-order valence-corrected chi connectivity index (χ2v) is 6.41. The fourth-order valence-electron chi connectivity index (χ4n) is 2.72. The van der Waals surface area contributed by atoms with Crippen molar-refractivity contribution in [1.82, 2.24) is 0 Å². The molecule has 0 aliphatic rings. The number of carbonyl (C=O) groups excluding carboxylic acids is 2. The molecule has 3 aromatic rings. The van der Waals surface area contributed by atoms with Crippen molar-refractivity contribution in [2.24, 2.45) is 0 Å². The van der Waals surface area contributed by atoms with E-state index in [0.717, 1.165) is 48.5 Å². The van der Waals surface area contributed by atoms with Crippen molar-refractivity contribution in [2.75, 3.05) is 10.6 Å². The monoisotopic (exact) mass is 425 g/mol. The summed E-state index contributed by atoms with van der Waals surface area (Å²) in [6.45, 7) is 0. The van der Waals surface area contributed by atoms with Crippen LogP contribution in [0.15, 0.2) is 54.6 Å². The highest BCUT2D eigenvalue weighted by atomic mass is 16.6. The number of amides is 2. The smallest absolute Gasteiger partial charge is 0.273 e. The van der Waals surface area contributed by atoms with Gasteiger partial charge in [0.25, 0.3) is 17.5 Å². The number of nitrogens with one attached hydrogen (secondary N) is 2. The second-order valence-electron chi connectivity index (χ2n) is 6.41. The van der Waals surface area contributed by atoms with Gasteiger partial charge in [-0.2, -0.15) is 0 Å². The molecule has 0 heterocycles. The summed E-state index contributed by atoms with van der Waals surface area (Å²) < 4.78 is 0. The van der Waals surface area contributed by atoms with E-state index in [1.165, 1.54) is 6.07 Å². The highest BCUT2D eigenvalue weighted by molar-refractivity contribution is 6.07. The Labute approximate surface area is 174 Å². The van der Waals surface area contributed by atoms with Crippen LogP contribution in [0.3, 0.4) is 0 Å². The van der Waals surface area contributed by atoms with Crippen molar-refractivity contribution in [2.45, 2.75) is 0 Å². The predicted molar refractivity (Wildman–Crippen MR) is 109 cm³/mol. The van der Waals surface area contributed by atoms with E-state index in [1.807, 2.05) is 0 Å². The summed E-state index contributed by atoms with van der Waals surface area (Å²) in [5.41, 5.74) is -0.743. The van der Waals surface area contributed by atoms with Crippen LogP contribution in [0, 0.1) is 10.1 Å². The fourth-order valence-corrected chi connectivity index (χ4v) is 2.72. The van der Waals surface area contributed by atoms with Crippen LogP contribution in [-0.4, -0.2) is 37.2 Å².